The van der Waals surface area contributed by atoms with Crippen molar-refractivity contribution in [2.24, 2.45) is 0 Å². The number of hydrogen-bond donors (Lipinski definition) is 1. The maximum Gasteiger partial charge on any atom is 0.325 e. The van der Waals surface area contributed by atoms with E-state index in [1.165, 1.54) is 18.4 Å². The average molecular weight is 281 g/mol. The normalized spacial score (nSPS) is 14.1. The average Bonchev–Trinajstić information content (AvgIpc) is 2.70. The maximum atomic E-state index is 11.9. The zero-order valence-electron chi connectivity index (χ0n) is 13.5. The van der Waals surface area contributed by atoms with Crippen LogP contribution in [0.25, 0.3) is 0 Å². The monoisotopic (exact) mass is 281 g/mol. The molecule has 20 heavy (non-hydrogen) atoms. The minimum Gasteiger partial charge on any atom is -0.468 e. The molecule has 1 unspecified atom stereocenters. The van der Waals surface area contributed by atoms with Gasteiger partial charge in [0.25, 0.3) is 0 Å². The summed E-state index contributed by atoms with van der Waals surface area (Å²) in [6.07, 6.45) is 1.64. The van der Waals surface area contributed by atoms with E-state index in [0.29, 0.717) is 13.0 Å². The van der Waals surface area contributed by atoms with Crippen LogP contribution in [0.15, 0.2) is 0 Å². The van der Waals surface area contributed by atoms with Gasteiger partial charge in [0.15, 0.2) is 0 Å². The van der Waals surface area contributed by atoms with Gasteiger partial charge in [0.05, 0.1) is 12.8 Å². The van der Waals surface area contributed by atoms with E-state index in [1.54, 1.807) is 0 Å². The Kier molecular flexibility index (Phi) is 5.74. The second-order valence-corrected chi connectivity index (χ2v) is 5.33. The molecule has 0 aliphatic heterocycles. The van der Waals surface area contributed by atoms with Crippen LogP contribution in [0.4, 0.5) is 0 Å². The Bertz CT molecular complexity index is 468. The van der Waals surface area contributed by atoms with Crippen LogP contribution < -0.4 is 5.32 Å². The molecule has 0 aliphatic rings. The summed E-state index contributed by atoms with van der Waals surface area (Å²) < 4.78 is 6.90. The molecule has 0 fully saturated rings. The summed E-state index contributed by atoms with van der Waals surface area (Å²) in [4.78, 5) is 11.9. The summed E-state index contributed by atoms with van der Waals surface area (Å²) in [6.45, 7) is 11.6. The van der Waals surface area contributed by atoms with Gasteiger partial charge in [-0.2, -0.15) is 5.10 Å². The Morgan fingerprint density at radius 2 is 2.05 bits per heavy atom. The van der Waals surface area contributed by atoms with E-state index in [1.807, 2.05) is 25.5 Å². The minimum absolute atomic E-state index is 0.225. The maximum absolute atomic E-state index is 11.9. The van der Waals surface area contributed by atoms with E-state index in [-0.39, 0.29) is 5.97 Å². The molecule has 0 aromatic carbocycles. The topological polar surface area (TPSA) is 56.2 Å². The number of methoxy groups -OCH3 is 1. The lowest BCUT2D eigenvalue weighted by Crippen LogP contribution is -2.50. The van der Waals surface area contributed by atoms with Crippen LogP contribution >= 0.6 is 0 Å². The first-order valence-corrected chi connectivity index (χ1v) is 7.25. The van der Waals surface area contributed by atoms with E-state index < -0.39 is 5.54 Å². The molecule has 5 heteroatoms. The van der Waals surface area contributed by atoms with Crippen molar-refractivity contribution in [1.29, 1.82) is 0 Å². The van der Waals surface area contributed by atoms with Crippen LogP contribution in [-0.2, 0) is 22.5 Å². The summed E-state index contributed by atoms with van der Waals surface area (Å²) in [5, 5.41) is 7.79. The Hall–Kier alpha value is -1.36. The van der Waals surface area contributed by atoms with Gasteiger partial charge in [-0.3, -0.25) is 9.48 Å². The number of likely N-dealkylation sites (N-methyl/N-ethyl adjacent to an activating group) is 1. The smallest absolute Gasteiger partial charge is 0.325 e. The summed E-state index contributed by atoms with van der Waals surface area (Å²) in [6, 6.07) is 0. The van der Waals surface area contributed by atoms with Crippen molar-refractivity contribution in [2.75, 3.05) is 13.7 Å². The number of esters is 1. The molecule has 0 spiro atoms. The van der Waals surface area contributed by atoms with E-state index in [0.717, 1.165) is 18.7 Å². The summed E-state index contributed by atoms with van der Waals surface area (Å²) in [5.41, 5.74) is 2.90. The van der Waals surface area contributed by atoms with Crippen molar-refractivity contribution < 1.29 is 9.53 Å². The summed E-state index contributed by atoms with van der Waals surface area (Å²) in [7, 11) is 1.43. The molecular weight excluding hydrogens is 254 g/mol. The number of carbonyl (C=O) groups is 1. The first-order valence-electron chi connectivity index (χ1n) is 7.25. The fraction of sp³-hybridized carbons (Fsp3) is 0.733. The van der Waals surface area contributed by atoms with Crippen molar-refractivity contribution in [3.05, 3.63) is 17.0 Å². The Morgan fingerprint density at radius 1 is 1.40 bits per heavy atom. The Morgan fingerprint density at radius 3 is 2.50 bits per heavy atom. The molecule has 0 amide bonds. The highest BCUT2D eigenvalue weighted by atomic mass is 16.5. The van der Waals surface area contributed by atoms with Crippen LogP contribution in [-0.4, -0.2) is 34.9 Å². The van der Waals surface area contributed by atoms with Crippen LogP contribution in [0.5, 0.6) is 0 Å². The number of aryl methyl sites for hydroxylation is 2. The van der Waals surface area contributed by atoms with Crippen LogP contribution in [0.2, 0.25) is 0 Å². The highest BCUT2D eigenvalue weighted by Gasteiger charge is 2.33. The fourth-order valence-corrected chi connectivity index (χ4v) is 2.67. The van der Waals surface area contributed by atoms with E-state index in [2.05, 4.69) is 24.3 Å². The van der Waals surface area contributed by atoms with Gasteiger partial charge in [0.1, 0.15) is 5.54 Å². The molecule has 0 bridgehead atoms. The van der Waals surface area contributed by atoms with Gasteiger partial charge in [0.2, 0.25) is 0 Å². The van der Waals surface area contributed by atoms with Crippen molar-refractivity contribution in [2.45, 2.75) is 59.5 Å². The first kappa shape index (κ1) is 16.7. The SMILES string of the molecule is CCNC(C)(CCn1nc(C)c(CC)c1C)C(=O)OC. The number of hydrogen-bond acceptors (Lipinski definition) is 4. The van der Waals surface area contributed by atoms with Gasteiger partial charge < -0.3 is 10.1 Å². The quantitative estimate of drug-likeness (QED) is 0.777. The summed E-state index contributed by atoms with van der Waals surface area (Å²) >= 11 is 0. The summed E-state index contributed by atoms with van der Waals surface area (Å²) in [5.74, 6) is -0.225. The Balaban J connectivity index is 2.85. The highest BCUT2D eigenvalue weighted by molar-refractivity contribution is 5.80. The lowest BCUT2D eigenvalue weighted by atomic mass is 9.98. The number of nitrogens with zero attached hydrogens (tertiary/aromatic N) is 2. The van der Waals surface area contributed by atoms with Gasteiger partial charge in [-0.25, -0.2) is 0 Å². The molecular formula is C15H27N3O2. The van der Waals surface area contributed by atoms with Crippen molar-refractivity contribution in [1.82, 2.24) is 15.1 Å². The zero-order chi connectivity index (χ0) is 15.3. The second kappa shape index (κ2) is 6.88. The number of aromatic nitrogens is 2. The van der Waals surface area contributed by atoms with Crippen LogP contribution in [0.1, 0.15) is 44.1 Å². The van der Waals surface area contributed by atoms with Gasteiger partial charge in [-0.1, -0.05) is 13.8 Å². The van der Waals surface area contributed by atoms with E-state index in [4.69, 9.17) is 4.74 Å². The van der Waals surface area contributed by atoms with Crippen molar-refractivity contribution in [3.63, 3.8) is 0 Å². The third-order valence-corrected chi connectivity index (χ3v) is 3.91. The third-order valence-electron chi connectivity index (χ3n) is 3.91. The molecule has 1 rings (SSSR count). The number of nitrogens with one attached hydrogen (secondary N) is 1. The first-order chi connectivity index (χ1) is 9.39. The number of ether oxygens (including phenoxy) is 1. The van der Waals surface area contributed by atoms with E-state index in [9.17, 15) is 4.79 Å². The van der Waals surface area contributed by atoms with Gasteiger partial charge >= 0.3 is 5.97 Å². The number of rotatable bonds is 7. The Labute approximate surface area is 121 Å². The highest BCUT2D eigenvalue weighted by Crippen LogP contribution is 2.17. The predicted octanol–water partition coefficient (Wildman–Crippen LogP) is 1.99. The molecule has 0 saturated heterocycles. The largest absolute Gasteiger partial charge is 0.468 e. The molecule has 0 saturated carbocycles. The molecule has 1 N–H and O–H groups in total. The van der Waals surface area contributed by atoms with E-state index >= 15 is 0 Å². The molecule has 0 aliphatic carbocycles. The predicted molar refractivity (Wildman–Crippen MR) is 79.8 cm³/mol. The van der Waals surface area contributed by atoms with Crippen LogP contribution in [0.3, 0.4) is 0 Å². The molecule has 5 nitrogen and oxygen atoms in total. The lowest BCUT2D eigenvalue weighted by molar-refractivity contribution is -0.148. The fourth-order valence-electron chi connectivity index (χ4n) is 2.67. The number of carbonyl (C=O) groups excluding carboxylic acids is 1. The van der Waals surface area contributed by atoms with Crippen LogP contribution in [0, 0.1) is 13.8 Å². The third kappa shape index (κ3) is 3.39. The van der Waals surface area contributed by atoms with Crippen molar-refractivity contribution in [3.8, 4) is 0 Å². The zero-order valence-corrected chi connectivity index (χ0v) is 13.5. The molecule has 114 valence electrons. The molecule has 1 aromatic rings. The van der Waals surface area contributed by atoms with Gasteiger partial charge in [-0.15, -0.1) is 0 Å². The second-order valence-electron chi connectivity index (χ2n) is 5.33. The molecule has 1 aromatic heterocycles. The van der Waals surface area contributed by atoms with Gasteiger partial charge in [0, 0.05) is 12.2 Å². The minimum atomic E-state index is -0.665. The standard InChI is InChI=1S/C15H27N3O2/c1-7-13-11(3)17-18(12(13)4)10-9-15(5,16-8-2)14(19)20-6/h16H,7-10H2,1-6H3. The molecule has 1 heterocycles. The lowest BCUT2D eigenvalue weighted by Gasteiger charge is -2.27. The van der Waals surface area contributed by atoms with Crippen molar-refractivity contribution >= 4 is 5.97 Å². The molecule has 1 atom stereocenters. The molecule has 0 radical (unpaired) electrons. The van der Waals surface area contributed by atoms with Gasteiger partial charge in [-0.05, 0) is 45.7 Å².